The Morgan fingerprint density at radius 3 is 2.38 bits per heavy atom. The zero-order chi connectivity index (χ0) is 15.4. The molecular formula is C17H20N2O2. The van der Waals surface area contributed by atoms with Gasteiger partial charge in [-0.15, -0.1) is 0 Å². The molecule has 0 aromatic heterocycles. The Morgan fingerprint density at radius 2 is 1.86 bits per heavy atom. The first-order valence-corrected chi connectivity index (χ1v) is 6.82. The molecule has 0 aliphatic rings. The minimum Gasteiger partial charge on any atom is -0.497 e. The number of nitrogens with one attached hydrogen (secondary N) is 1. The molecule has 4 nitrogen and oxygen atoms in total. The fourth-order valence-corrected chi connectivity index (χ4v) is 2.20. The Bertz CT molecular complexity index is 636. The predicted molar refractivity (Wildman–Crippen MR) is 85.9 cm³/mol. The highest BCUT2D eigenvalue weighted by atomic mass is 16.5. The van der Waals surface area contributed by atoms with Crippen molar-refractivity contribution in [2.24, 2.45) is 0 Å². The second kappa shape index (κ2) is 6.31. The van der Waals surface area contributed by atoms with E-state index in [1.165, 1.54) is 6.92 Å². The number of carbonyl (C=O) groups excluding carboxylic acids is 1. The van der Waals surface area contributed by atoms with Crippen molar-refractivity contribution in [2.45, 2.75) is 19.9 Å². The first kappa shape index (κ1) is 14.9. The van der Waals surface area contributed by atoms with Crippen molar-refractivity contribution in [1.82, 2.24) is 0 Å². The number of hydrogen-bond donors (Lipinski definition) is 2. The average molecular weight is 284 g/mol. The molecule has 21 heavy (non-hydrogen) atoms. The van der Waals surface area contributed by atoms with Crippen LogP contribution < -0.4 is 15.8 Å². The molecule has 4 heteroatoms. The largest absolute Gasteiger partial charge is 0.497 e. The maximum atomic E-state index is 11.4. The lowest BCUT2D eigenvalue weighted by Gasteiger charge is -2.17. The number of rotatable bonds is 5. The van der Waals surface area contributed by atoms with Crippen molar-refractivity contribution in [3.05, 3.63) is 53.6 Å². The van der Waals surface area contributed by atoms with Crippen LogP contribution in [0.2, 0.25) is 0 Å². The van der Waals surface area contributed by atoms with E-state index in [1.807, 2.05) is 30.3 Å². The summed E-state index contributed by atoms with van der Waals surface area (Å²) in [6, 6.07) is 13.4. The van der Waals surface area contributed by atoms with Crippen LogP contribution in [0.3, 0.4) is 0 Å². The van der Waals surface area contributed by atoms with Crippen LogP contribution in [0.4, 0.5) is 11.4 Å². The van der Waals surface area contributed by atoms with Crippen LogP contribution in [0.1, 0.15) is 35.8 Å². The first-order chi connectivity index (χ1) is 10.0. The normalized spacial score (nSPS) is 11.8. The standard InChI is InChI=1S/C17H20N2O2/c1-11(13-4-7-15(21-3)8-5-13)19-14-6-9-16(12(2)20)17(18)10-14/h4-11,19H,18H2,1-3H3. The third-order valence-electron chi connectivity index (χ3n) is 3.43. The quantitative estimate of drug-likeness (QED) is 0.649. The third kappa shape index (κ3) is 3.54. The summed E-state index contributed by atoms with van der Waals surface area (Å²) in [5.41, 5.74) is 8.98. The van der Waals surface area contributed by atoms with Gasteiger partial charge in [0.15, 0.2) is 5.78 Å². The van der Waals surface area contributed by atoms with Gasteiger partial charge in [0.1, 0.15) is 5.75 Å². The van der Waals surface area contributed by atoms with Crippen molar-refractivity contribution in [1.29, 1.82) is 0 Å². The number of hydrogen-bond acceptors (Lipinski definition) is 4. The maximum Gasteiger partial charge on any atom is 0.161 e. The summed E-state index contributed by atoms with van der Waals surface area (Å²) in [4.78, 5) is 11.4. The molecule has 0 amide bonds. The highest BCUT2D eigenvalue weighted by Crippen LogP contribution is 2.24. The lowest BCUT2D eigenvalue weighted by molar-refractivity contribution is 0.101. The van der Waals surface area contributed by atoms with Crippen molar-refractivity contribution in [3.8, 4) is 5.75 Å². The number of ether oxygens (including phenoxy) is 1. The summed E-state index contributed by atoms with van der Waals surface area (Å²) < 4.78 is 5.15. The Labute approximate surface area is 124 Å². The van der Waals surface area contributed by atoms with Gasteiger partial charge >= 0.3 is 0 Å². The Hall–Kier alpha value is -2.49. The molecule has 1 atom stereocenters. The molecule has 0 aliphatic carbocycles. The zero-order valence-corrected chi connectivity index (χ0v) is 12.5. The van der Waals surface area contributed by atoms with Crippen molar-refractivity contribution in [2.75, 3.05) is 18.2 Å². The Morgan fingerprint density at radius 1 is 1.19 bits per heavy atom. The van der Waals surface area contributed by atoms with Gasteiger partial charge in [-0.25, -0.2) is 0 Å². The number of benzene rings is 2. The molecule has 110 valence electrons. The number of ketones is 1. The molecule has 0 aliphatic heterocycles. The van der Waals surface area contributed by atoms with Gasteiger partial charge in [-0.05, 0) is 49.7 Å². The molecule has 2 rings (SSSR count). The number of methoxy groups -OCH3 is 1. The fourth-order valence-electron chi connectivity index (χ4n) is 2.20. The van der Waals surface area contributed by atoms with Gasteiger partial charge in [0.05, 0.1) is 7.11 Å². The molecule has 1 unspecified atom stereocenters. The second-order valence-corrected chi connectivity index (χ2v) is 5.00. The first-order valence-electron chi connectivity index (χ1n) is 6.82. The fraction of sp³-hybridized carbons (Fsp3) is 0.235. The number of carbonyl (C=O) groups is 1. The summed E-state index contributed by atoms with van der Waals surface area (Å²) >= 11 is 0. The zero-order valence-electron chi connectivity index (χ0n) is 12.5. The van der Waals surface area contributed by atoms with Crippen LogP contribution in [-0.4, -0.2) is 12.9 Å². The van der Waals surface area contributed by atoms with Gasteiger partial charge in [-0.3, -0.25) is 4.79 Å². The van der Waals surface area contributed by atoms with E-state index in [0.29, 0.717) is 11.3 Å². The van der Waals surface area contributed by atoms with E-state index in [4.69, 9.17) is 10.5 Å². The van der Waals surface area contributed by atoms with Gasteiger partial charge in [0.25, 0.3) is 0 Å². The Kier molecular flexibility index (Phi) is 4.48. The molecule has 0 saturated carbocycles. The minimum atomic E-state index is -0.0257. The Balaban J connectivity index is 2.13. The van der Waals surface area contributed by atoms with E-state index in [2.05, 4.69) is 12.2 Å². The molecule has 2 aromatic carbocycles. The number of nitrogen functional groups attached to an aromatic ring is 1. The van der Waals surface area contributed by atoms with Crippen molar-refractivity contribution >= 4 is 17.2 Å². The van der Waals surface area contributed by atoms with Gasteiger partial charge in [0, 0.05) is 23.0 Å². The molecule has 3 N–H and O–H groups in total. The van der Waals surface area contributed by atoms with E-state index in [1.54, 1.807) is 19.2 Å². The molecule has 0 fully saturated rings. The SMILES string of the molecule is COc1ccc(C(C)Nc2ccc(C(C)=O)c(N)c2)cc1. The molecule has 0 spiro atoms. The molecule has 0 radical (unpaired) electrons. The van der Waals surface area contributed by atoms with Gasteiger partial charge < -0.3 is 15.8 Å². The van der Waals surface area contributed by atoms with E-state index in [0.717, 1.165) is 17.0 Å². The smallest absolute Gasteiger partial charge is 0.161 e. The molecule has 2 aromatic rings. The highest BCUT2D eigenvalue weighted by molar-refractivity contribution is 5.99. The van der Waals surface area contributed by atoms with Gasteiger partial charge in [-0.1, -0.05) is 12.1 Å². The molecule has 0 heterocycles. The highest BCUT2D eigenvalue weighted by Gasteiger charge is 2.08. The van der Waals surface area contributed by atoms with Crippen LogP contribution in [-0.2, 0) is 0 Å². The van der Waals surface area contributed by atoms with E-state index < -0.39 is 0 Å². The lowest BCUT2D eigenvalue weighted by atomic mass is 10.1. The topological polar surface area (TPSA) is 64.3 Å². The summed E-state index contributed by atoms with van der Waals surface area (Å²) in [5, 5.41) is 3.37. The van der Waals surface area contributed by atoms with Crippen molar-refractivity contribution < 1.29 is 9.53 Å². The summed E-state index contributed by atoms with van der Waals surface area (Å²) in [5.74, 6) is 0.809. The van der Waals surface area contributed by atoms with E-state index in [-0.39, 0.29) is 11.8 Å². The molecule has 0 bridgehead atoms. The van der Waals surface area contributed by atoms with Gasteiger partial charge in [-0.2, -0.15) is 0 Å². The van der Waals surface area contributed by atoms with Crippen LogP contribution in [0.5, 0.6) is 5.75 Å². The van der Waals surface area contributed by atoms with Crippen molar-refractivity contribution in [3.63, 3.8) is 0 Å². The summed E-state index contributed by atoms with van der Waals surface area (Å²) in [6.07, 6.45) is 0. The van der Waals surface area contributed by atoms with Gasteiger partial charge in [0.2, 0.25) is 0 Å². The predicted octanol–water partition coefficient (Wildman–Crippen LogP) is 3.65. The average Bonchev–Trinajstić information content (AvgIpc) is 2.47. The number of Topliss-reactive ketones (excluding diaryl/α,β-unsaturated/α-hetero) is 1. The third-order valence-corrected chi connectivity index (χ3v) is 3.43. The second-order valence-electron chi connectivity index (χ2n) is 5.00. The minimum absolute atomic E-state index is 0.0257. The van der Waals surface area contributed by atoms with Crippen LogP contribution in [0, 0.1) is 0 Å². The number of anilines is 2. The van der Waals surface area contributed by atoms with E-state index >= 15 is 0 Å². The summed E-state index contributed by atoms with van der Waals surface area (Å²) in [7, 11) is 1.65. The maximum absolute atomic E-state index is 11.4. The number of nitrogens with two attached hydrogens (primary N) is 1. The van der Waals surface area contributed by atoms with E-state index in [9.17, 15) is 4.79 Å². The molecule has 0 saturated heterocycles. The van der Waals surface area contributed by atoms with Crippen LogP contribution in [0.25, 0.3) is 0 Å². The lowest BCUT2D eigenvalue weighted by Crippen LogP contribution is -2.08. The summed E-state index contributed by atoms with van der Waals surface area (Å²) in [6.45, 7) is 3.58. The monoisotopic (exact) mass is 284 g/mol. The van der Waals surface area contributed by atoms with Crippen LogP contribution >= 0.6 is 0 Å². The van der Waals surface area contributed by atoms with Crippen LogP contribution in [0.15, 0.2) is 42.5 Å². The molecular weight excluding hydrogens is 264 g/mol.